The molecule has 0 spiro atoms. The summed E-state index contributed by atoms with van der Waals surface area (Å²) in [6.45, 7) is 6.68. The highest BCUT2D eigenvalue weighted by molar-refractivity contribution is 5.34. The standard InChI is InChI=1S/C11H16N4/c1-8-2-3-13-11(14-8)15-6-10(7-15)9-4-12-5-9/h2-3,9-10,12H,4-7H2,1H3. The Morgan fingerprint density at radius 1 is 1.33 bits per heavy atom. The third-order valence-electron chi connectivity index (χ3n) is 3.45. The molecule has 1 N–H and O–H groups in total. The molecule has 0 amide bonds. The Kier molecular flexibility index (Phi) is 2.09. The molecular formula is C11H16N4. The van der Waals surface area contributed by atoms with Gasteiger partial charge in [-0.1, -0.05) is 0 Å². The van der Waals surface area contributed by atoms with E-state index in [1.807, 2.05) is 19.2 Å². The summed E-state index contributed by atoms with van der Waals surface area (Å²) in [6.07, 6.45) is 1.84. The van der Waals surface area contributed by atoms with Crippen molar-refractivity contribution in [3.63, 3.8) is 0 Å². The zero-order valence-corrected chi connectivity index (χ0v) is 8.98. The number of aromatic nitrogens is 2. The van der Waals surface area contributed by atoms with Gasteiger partial charge >= 0.3 is 0 Å². The lowest BCUT2D eigenvalue weighted by Crippen LogP contribution is -2.58. The van der Waals surface area contributed by atoms with Crippen molar-refractivity contribution >= 4 is 5.95 Å². The third kappa shape index (κ3) is 1.59. The second-order valence-electron chi connectivity index (χ2n) is 4.58. The molecule has 0 atom stereocenters. The van der Waals surface area contributed by atoms with E-state index in [4.69, 9.17) is 0 Å². The summed E-state index contributed by atoms with van der Waals surface area (Å²) in [7, 11) is 0. The largest absolute Gasteiger partial charge is 0.340 e. The van der Waals surface area contributed by atoms with Crippen LogP contribution in [0.25, 0.3) is 0 Å². The lowest BCUT2D eigenvalue weighted by Gasteiger charge is -2.46. The molecule has 2 saturated heterocycles. The van der Waals surface area contributed by atoms with E-state index in [1.54, 1.807) is 0 Å². The van der Waals surface area contributed by atoms with Gasteiger partial charge in [0.05, 0.1) is 0 Å². The molecule has 0 unspecified atom stereocenters. The van der Waals surface area contributed by atoms with Gasteiger partial charge in [0.2, 0.25) is 5.95 Å². The Hall–Kier alpha value is -1.16. The second-order valence-corrected chi connectivity index (χ2v) is 4.58. The maximum Gasteiger partial charge on any atom is 0.225 e. The van der Waals surface area contributed by atoms with Crippen LogP contribution in [0.5, 0.6) is 0 Å². The highest BCUT2D eigenvalue weighted by Crippen LogP contribution is 2.28. The first-order valence-corrected chi connectivity index (χ1v) is 5.58. The molecule has 3 heterocycles. The highest BCUT2D eigenvalue weighted by atomic mass is 15.3. The average Bonchev–Trinajstić information content (AvgIpc) is 2.07. The molecule has 2 fully saturated rings. The maximum absolute atomic E-state index is 4.43. The lowest BCUT2D eigenvalue weighted by atomic mass is 9.82. The Bertz CT molecular complexity index is 355. The molecule has 4 heteroatoms. The smallest absolute Gasteiger partial charge is 0.225 e. The number of anilines is 1. The van der Waals surface area contributed by atoms with Gasteiger partial charge in [0, 0.05) is 25.0 Å². The van der Waals surface area contributed by atoms with Gasteiger partial charge in [-0.05, 0) is 37.9 Å². The molecule has 0 radical (unpaired) electrons. The van der Waals surface area contributed by atoms with Crippen LogP contribution >= 0.6 is 0 Å². The molecule has 1 aromatic heterocycles. The topological polar surface area (TPSA) is 41.1 Å². The molecule has 0 saturated carbocycles. The van der Waals surface area contributed by atoms with Crippen molar-refractivity contribution in [1.29, 1.82) is 0 Å². The number of hydrogen-bond donors (Lipinski definition) is 1. The first-order chi connectivity index (χ1) is 7.33. The van der Waals surface area contributed by atoms with Gasteiger partial charge in [-0.3, -0.25) is 0 Å². The minimum absolute atomic E-state index is 0.857. The van der Waals surface area contributed by atoms with Crippen molar-refractivity contribution in [3.05, 3.63) is 18.0 Å². The Labute approximate surface area is 89.7 Å². The lowest BCUT2D eigenvalue weighted by molar-refractivity contribution is 0.195. The summed E-state index contributed by atoms with van der Waals surface area (Å²) in [5, 5.41) is 3.32. The van der Waals surface area contributed by atoms with Crippen LogP contribution in [0.1, 0.15) is 5.69 Å². The van der Waals surface area contributed by atoms with E-state index in [1.165, 1.54) is 13.1 Å². The number of aryl methyl sites for hydroxylation is 1. The first-order valence-electron chi connectivity index (χ1n) is 5.58. The van der Waals surface area contributed by atoms with Crippen LogP contribution in [-0.2, 0) is 0 Å². The molecule has 0 aromatic carbocycles. The highest BCUT2D eigenvalue weighted by Gasteiger charge is 2.37. The van der Waals surface area contributed by atoms with E-state index < -0.39 is 0 Å². The van der Waals surface area contributed by atoms with Gasteiger partial charge in [-0.2, -0.15) is 0 Å². The van der Waals surface area contributed by atoms with Crippen LogP contribution in [0.3, 0.4) is 0 Å². The Balaban J connectivity index is 1.62. The van der Waals surface area contributed by atoms with Crippen molar-refractivity contribution in [3.8, 4) is 0 Å². The number of nitrogens with zero attached hydrogens (tertiary/aromatic N) is 3. The van der Waals surface area contributed by atoms with Crippen molar-refractivity contribution in [1.82, 2.24) is 15.3 Å². The SMILES string of the molecule is Cc1ccnc(N2CC(C3CNC3)C2)n1. The molecule has 1 aromatic rings. The van der Waals surface area contributed by atoms with E-state index in [2.05, 4.69) is 20.2 Å². The monoisotopic (exact) mass is 204 g/mol. The number of hydrogen-bond acceptors (Lipinski definition) is 4. The van der Waals surface area contributed by atoms with Crippen molar-refractivity contribution in [2.45, 2.75) is 6.92 Å². The Morgan fingerprint density at radius 3 is 2.73 bits per heavy atom. The molecule has 2 aliphatic rings. The number of nitrogens with one attached hydrogen (secondary N) is 1. The van der Waals surface area contributed by atoms with Crippen molar-refractivity contribution in [2.24, 2.45) is 11.8 Å². The Morgan fingerprint density at radius 2 is 2.13 bits per heavy atom. The fraction of sp³-hybridized carbons (Fsp3) is 0.636. The van der Waals surface area contributed by atoms with Gasteiger partial charge in [-0.15, -0.1) is 0 Å². The zero-order chi connectivity index (χ0) is 10.3. The molecule has 0 aliphatic carbocycles. The van der Waals surface area contributed by atoms with Gasteiger partial charge < -0.3 is 10.2 Å². The molecule has 3 rings (SSSR count). The van der Waals surface area contributed by atoms with Crippen LogP contribution in [0, 0.1) is 18.8 Å². The minimum Gasteiger partial charge on any atom is -0.340 e. The normalized spacial score (nSPS) is 22.3. The van der Waals surface area contributed by atoms with Gasteiger partial charge in [0.25, 0.3) is 0 Å². The van der Waals surface area contributed by atoms with Crippen molar-refractivity contribution < 1.29 is 0 Å². The molecular weight excluding hydrogens is 188 g/mol. The number of rotatable bonds is 2. The van der Waals surface area contributed by atoms with Crippen LogP contribution in [-0.4, -0.2) is 36.1 Å². The maximum atomic E-state index is 4.43. The summed E-state index contributed by atoms with van der Waals surface area (Å²) >= 11 is 0. The van der Waals surface area contributed by atoms with E-state index in [-0.39, 0.29) is 0 Å². The van der Waals surface area contributed by atoms with E-state index in [0.29, 0.717) is 0 Å². The summed E-state index contributed by atoms with van der Waals surface area (Å²) in [6, 6.07) is 1.94. The van der Waals surface area contributed by atoms with Gasteiger partial charge in [0.15, 0.2) is 0 Å². The summed E-state index contributed by atoms with van der Waals surface area (Å²) in [4.78, 5) is 11.0. The molecule has 15 heavy (non-hydrogen) atoms. The van der Waals surface area contributed by atoms with Crippen LogP contribution in [0.15, 0.2) is 12.3 Å². The second kappa shape index (κ2) is 3.45. The van der Waals surface area contributed by atoms with E-state index in [0.717, 1.165) is 36.6 Å². The fourth-order valence-corrected chi connectivity index (χ4v) is 2.21. The minimum atomic E-state index is 0.857. The quantitative estimate of drug-likeness (QED) is 0.759. The summed E-state index contributed by atoms with van der Waals surface area (Å²) < 4.78 is 0. The molecule has 4 nitrogen and oxygen atoms in total. The summed E-state index contributed by atoms with van der Waals surface area (Å²) in [5.41, 5.74) is 1.05. The molecule has 80 valence electrons. The van der Waals surface area contributed by atoms with Crippen LogP contribution < -0.4 is 10.2 Å². The average molecular weight is 204 g/mol. The van der Waals surface area contributed by atoms with Crippen molar-refractivity contribution in [2.75, 3.05) is 31.1 Å². The predicted molar refractivity (Wildman–Crippen MR) is 58.8 cm³/mol. The summed E-state index contributed by atoms with van der Waals surface area (Å²) in [5.74, 6) is 2.65. The third-order valence-corrected chi connectivity index (χ3v) is 3.45. The molecule has 0 bridgehead atoms. The van der Waals surface area contributed by atoms with Gasteiger partial charge in [0.1, 0.15) is 0 Å². The van der Waals surface area contributed by atoms with Gasteiger partial charge in [-0.25, -0.2) is 9.97 Å². The zero-order valence-electron chi connectivity index (χ0n) is 8.98. The molecule has 2 aliphatic heterocycles. The van der Waals surface area contributed by atoms with Crippen LogP contribution in [0.2, 0.25) is 0 Å². The van der Waals surface area contributed by atoms with E-state index >= 15 is 0 Å². The first kappa shape index (κ1) is 9.09. The fourth-order valence-electron chi connectivity index (χ4n) is 2.21. The van der Waals surface area contributed by atoms with E-state index in [9.17, 15) is 0 Å². The predicted octanol–water partition coefficient (Wildman–Crippen LogP) is 0.441. The van der Waals surface area contributed by atoms with Crippen LogP contribution in [0.4, 0.5) is 5.95 Å².